The van der Waals surface area contributed by atoms with E-state index in [1.54, 1.807) is 38.1 Å². The van der Waals surface area contributed by atoms with Gasteiger partial charge in [0.15, 0.2) is 0 Å². The topological polar surface area (TPSA) is 99.3 Å². The number of likely N-dealkylation sites (N-methyl/N-ethyl adjacent to an activating group) is 1. The minimum atomic E-state index is -4.10. The molecule has 2 rings (SSSR count). The predicted molar refractivity (Wildman–Crippen MR) is 128 cm³/mol. The molecule has 9 nitrogen and oxygen atoms in total. The number of nitrogens with one attached hydrogen (secondary N) is 1. The summed E-state index contributed by atoms with van der Waals surface area (Å²) in [6.07, 6.45) is 0. The Hall–Kier alpha value is -3.18. The zero-order valence-electron chi connectivity index (χ0n) is 20.0. The van der Waals surface area contributed by atoms with E-state index in [0.717, 1.165) is 20.7 Å². The van der Waals surface area contributed by atoms with Crippen molar-refractivity contribution < 1.29 is 27.1 Å². The molecule has 2 aromatic rings. The van der Waals surface area contributed by atoms with Gasteiger partial charge in [-0.1, -0.05) is 12.1 Å². The van der Waals surface area contributed by atoms with Gasteiger partial charge in [0, 0.05) is 27.2 Å². The largest absolute Gasteiger partial charge is 0.497 e. The maximum atomic E-state index is 13.5. The molecule has 2 aromatic carbocycles. The fourth-order valence-corrected chi connectivity index (χ4v) is 4.25. The van der Waals surface area contributed by atoms with Gasteiger partial charge < -0.3 is 15.0 Å². The molecule has 11 heteroatoms. The van der Waals surface area contributed by atoms with Crippen LogP contribution in [0.3, 0.4) is 0 Å². The van der Waals surface area contributed by atoms with Crippen LogP contribution in [0.4, 0.5) is 10.1 Å². The highest BCUT2D eigenvalue weighted by Crippen LogP contribution is 2.22. The minimum absolute atomic E-state index is 0.0492. The molecule has 0 bridgehead atoms. The zero-order valence-corrected chi connectivity index (χ0v) is 20.8. The molecule has 2 amide bonds. The number of carbonyl (C=O) groups excluding carboxylic acids is 2. The number of anilines is 1. The van der Waals surface area contributed by atoms with E-state index in [4.69, 9.17) is 4.74 Å². The second-order valence-corrected chi connectivity index (χ2v) is 9.78. The number of carbonyl (C=O) groups is 2. The standard InChI is InChI=1S/C23H31FN4O5S/c1-6-25-23(30)17(2)27(15-18-8-7-9-21(14-18)33-5)22(29)16-28(34(31,32)26(3)4)20-12-10-19(24)11-13-20/h7-14,17H,6,15-16H2,1-5H3,(H,25,30). The van der Waals surface area contributed by atoms with Gasteiger partial charge >= 0.3 is 10.2 Å². The SMILES string of the molecule is CCNC(=O)C(C)N(Cc1cccc(OC)c1)C(=O)CN(c1ccc(F)cc1)S(=O)(=O)N(C)C. The molecule has 0 saturated carbocycles. The maximum Gasteiger partial charge on any atom is 0.304 e. The quantitative estimate of drug-likeness (QED) is 0.515. The lowest BCUT2D eigenvalue weighted by molar-refractivity contribution is -0.139. The van der Waals surface area contributed by atoms with E-state index < -0.39 is 34.5 Å². The summed E-state index contributed by atoms with van der Waals surface area (Å²) in [6.45, 7) is 3.18. The third-order valence-electron chi connectivity index (χ3n) is 5.14. The second kappa shape index (κ2) is 11.8. The van der Waals surface area contributed by atoms with Crippen LogP contribution in [0, 0.1) is 5.82 Å². The third kappa shape index (κ3) is 6.67. The van der Waals surface area contributed by atoms with E-state index in [1.165, 1.54) is 38.2 Å². The first-order chi connectivity index (χ1) is 16.0. The van der Waals surface area contributed by atoms with Crippen LogP contribution >= 0.6 is 0 Å². The molecule has 0 spiro atoms. The Morgan fingerprint density at radius 2 is 1.76 bits per heavy atom. The van der Waals surface area contributed by atoms with Crippen LogP contribution in [0.15, 0.2) is 48.5 Å². The smallest absolute Gasteiger partial charge is 0.304 e. The molecular weight excluding hydrogens is 463 g/mol. The molecule has 1 N–H and O–H groups in total. The number of benzene rings is 2. The molecule has 0 heterocycles. The summed E-state index contributed by atoms with van der Waals surface area (Å²) in [4.78, 5) is 27.4. The molecule has 0 aromatic heterocycles. The Morgan fingerprint density at radius 1 is 1.12 bits per heavy atom. The van der Waals surface area contributed by atoms with E-state index in [-0.39, 0.29) is 18.1 Å². The molecule has 0 radical (unpaired) electrons. The number of rotatable bonds is 11. The van der Waals surface area contributed by atoms with Crippen LogP contribution in [-0.4, -0.2) is 69.8 Å². The first-order valence-electron chi connectivity index (χ1n) is 10.7. The van der Waals surface area contributed by atoms with Gasteiger partial charge in [-0.2, -0.15) is 12.7 Å². The average molecular weight is 495 g/mol. The van der Waals surface area contributed by atoms with Crippen molar-refractivity contribution >= 4 is 27.7 Å². The normalized spacial score (nSPS) is 12.2. The molecule has 0 saturated heterocycles. The first kappa shape index (κ1) is 27.1. The lowest BCUT2D eigenvalue weighted by atomic mass is 10.1. The van der Waals surface area contributed by atoms with Crippen molar-refractivity contribution in [2.75, 3.05) is 38.6 Å². The number of halogens is 1. The Labute approximate surface area is 200 Å². The Balaban J connectivity index is 2.45. The summed E-state index contributed by atoms with van der Waals surface area (Å²) < 4.78 is 46.6. The van der Waals surface area contributed by atoms with E-state index in [0.29, 0.717) is 17.9 Å². The van der Waals surface area contributed by atoms with Crippen LogP contribution in [0.2, 0.25) is 0 Å². The van der Waals surface area contributed by atoms with Crippen LogP contribution in [0.1, 0.15) is 19.4 Å². The van der Waals surface area contributed by atoms with Gasteiger partial charge in [-0.15, -0.1) is 0 Å². The van der Waals surface area contributed by atoms with Crippen molar-refractivity contribution in [3.05, 3.63) is 59.9 Å². The van der Waals surface area contributed by atoms with Gasteiger partial charge in [-0.3, -0.25) is 9.59 Å². The highest BCUT2D eigenvalue weighted by atomic mass is 32.2. The van der Waals surface area contributed by atoms with Crippen molar-refractivity contribution in [3.63, 3.8) is 0 Å². The summed E-state index contributed by atoms with van der Waals surface area (Å²) in [7, 11) is 0.0928. The number of methoxy groups -OCH3 is 1. The van der Waals surface area contributed by atoms with Crippen molar-refractivity contribution in [3.8, 4) is 5.75 Å². The summed E-state index contributed by atoms with van der Waals surface area (Å²) >= 11 is 0. The van der Waals surface area contributed by atoms with Gasteiger partial charge in [0.25, 0.3) is 0 Å². The second-order valence-electron chi connectivity index (χ2n) is 7.72. The minimum Gasteiger partial charge on any atom is -0.497 e. The summed E-state index contributed by atoms with van der Waals surface area (Å²) in [6, 6.07) is 10.9. The molecule has 1 unspecified atom stereocenters. The monoisotopic (exact) mass is 494 g/mol. The van der Waals surface area contributed by atoms with Crippen molar-refractivity contribution in [2.24, 2.45) is 0 Å². The highest BCUT2D eigenvalue weighted by molar-refractivity contribution is 7.90. The Kier molecular flexibility index (Phi) is 9.39. The maximum absolute atomic E-state index is 13.5. The van der Waals surface area contributed by atoms with Gasteiger partial charge in [0.05, 0.1) is 12.8 Å². The third-order valence-corrected chi connectivity index (χ3v) is 6.96. The van der Waals surface area contributed by atoms with E-state index in [9.17, 15) is 22.4 Å². The molecule has 1 atom stereocenters. The molecule has 34 heavy (non-hydrogen) atoms. The van der Waals surface area contributed by atoms with Gasteiger partial charge in [0.1, 0.15) is 24.2 Å². The van der Waals surface area contributed by atoms with Gasteiger partial charge in [0.2, 0.25) is 11.8 Å². The van der Waals surface area contributed by atoms with Crippen molar-refractivity contribution in [2.45, 2.75) is 26.4 Å². The average Bonchev–Trinajstić information content (AvgIpc) is 2.81. The van der Waals surface area contributed by atoms with Gasteiger partial charge in [-0.25, -0.2) is 8.70 Å². The van der Waals surface area contributed by atoms with E-state index in [1.807, 2.05) is 0 Å². The fourth-order valence-electron chi connectivity index (χ4n) is 3.20. The number of hydrogen-bond acceptors (Lipinski definition) is 5. The lowest BCUT2D eigenvalue weighted by Crippen LogP contribution is -2.52. The fraction of sp³-hybridized carbons (Fsp3) is 0.391. The summed E-state index contributed by atoms with van der Waals surface area (Å²) in [5.41, 5.74) is 0.822. The zero-order chi connectivity index (χ0) is 25.5. The van der Waals surface area contributed by atoms with Crippen LogP contribution in [0.5, 0.6) is 5.75 Å². The number of nitrogens with zero attached hydrogens (tertiary/aromatic N) is 3. The van der Waals surface area contributed by atoms with Crippen LogP contribution in [0.25, 0.3) is 0 Å². The van der Waals surface area contributed by atoms with E-state index >= 15 is 0 Å². The number of ether oxygens (including phenoxy) is 1. The van der Waals surface area contributed by atoms with Gasteiger partial charge in [-0.05, 0) is 55.8 Å². The summed E-state index contributed by atoms with van der Waals surface area (Å²) in [5.74, 6) is -0.931. The van der Waals surface area contributed by atoms with E-state index in [2.05, 4.69) is 5.32 Å². The molecule has 186 valence electrons. The molecule has 0 aliphatic carbocycles. The molecule has 0 aliphatic heterocycles. The molecule has 0 aliphatic rings. The Bertz CT molecular complexity index is 1090. The molecule has 0 fully saturated rings. The number of amides is 2. The van der Waals surface area contributed by atoms with Crippen LogP contribution < -0.4 is 14.4 Å². The molecular formula is C23H31FN4O5S. The summed E-state index contributed by atoms with van der Waals surface area (Å²) in [5, 5.41) is 2.69. The van der Waals surface area contributed by atoms with Crippen molar-refractivity contribution in [1.29, 1.82) is 0 Å². The predicted octanol–water partition coefficient (Wildman–Crippen LogP) is 2.00. The lowest BCUT2D eigenvalue weighted by Gasteiger charge is -2.32. The van der Waals surface area contributed by atoms with Crippen molar-refractivity contribution in [1.82, 2.24) is 14.5 Å². The Morgan fingerprint density at radius 3 is 2.32 bits per heavy atom. The van der Waals surface area contributed by atoms with Crippen LogP contribution in [-0.2, 0) is 26.3 Å². The first-order valence-corrected chi connectivity index (χ1v) is 12.1. The highest BCUT2D eigenvalue weighted by Gasteiger charge is 2.32. The number of hydrogen-bond donors (Lipinski definition) is 1.